The Morgan fingerprint density at radius 2 is 2.15 bits per heavy atom. The summed E-state index contributed by atoms with van der Waals surface area (Å²) in [6.45, 7) is 2.38. The van der Waals surface area contributed by atoms with Crippen molar-refractivity contribution in [2.45, 2.75) is 32.2 Å². The van der Waals surface area contributed by atoms with Crippen molar-refractivity contribution >= 4 is 11.8 Å². The number of aromatic hydroxyl groups is 1. The molecule has 20 heavy (non-hydrogen) atoms. The predicted octanol–water partition coefficient (Wildman–Crippen LogP) is 1.05. The van der Waals surface area contributed by atoms with Crippen LogP contribution in [0.25, 0.3) is 0 Å². The molecule has 1 aromatic carbocycles. The highest BCUT2D eigenvalue weighted by Gasteiger charge is 2.31. The molecule has 2 amide bonds. The Hall–Kier alpha value is -2.04. The molecule has 0 aliphatic carbocycles. The van der Waals surface area contributed by atoms with E-state index in [1.807, 2.05) is 6.92 Å². The van der Waals surface area contributed by atoms with Crippen LogP contribution in [-0.4, -0.2) is 34.4 Å². The van der Waals surface area contributed by atoms with Crippen LogP contribution in [0.3, 0.4) is 0 Å². The van der Waals surface area contributed by atoms with Crippen LogP contribution in [0.4, 0.5) is 0 Å². The van der Waals surface area contributed by atoms with E-state index in [9.17, 15) is 14.7 Å². The zero-order valence-corrected chi connectivity index (χ0v) is 11.6. The summed E-state index contributed by atoms with van der Waals surface area (Å²) in [5, 5.41) is 9.42. The Morgan fingerprint density at radius 3 is 2.80 bits per heavy atom. The standard InChI is InChI=1S/C15H20N2O3/c1-10-5-6-12(15(16)20)9-17(10)14(19)8-11-3-2-4-13(18)7-11/h2-4,7,10,12,18H,5-6,8-9H2,1H3,(H2,16,20)/t10-,12-/m1/s1. The number of phenols is 1. The average molecular weight is 276 g/mol. The van der Waals surface area contributed by atoms with Gasteiger partial charge in [0.25, 0.3) is 0 Å². The van der Waals surface area contributed by atoms with Gasteiger partial charge >= 0.3 is 0 Å². The normalized spacial score (nSPS) is 22.6. The van der Waals surface area contributed by atoms with E-state index >= 15 is 0 Å². The molecule has 0 saturated carbocycles. The molecule has 2 atom stereocenters. The van der Waals surface area contributed by atoms with E-state index in [-0.39, 0.29) is 35.9 Å². The summed E-state index contributed by atoms with van der Waals surface area (Å²) in [5.74, 6) is -0.475. The maximum absolute atomic E-state index is 12.3. The number of likely N-dealkylation sites (tertiary alicyclic amines) is 1. The van der Waals surface area contributed by atoms with Gasteiger partial charge in [-0.25, -0.2) is 0 Å². The van der Waals surface area contributed by atoms with Crippen LogP contribution in [0.15, 0.2) is 24.3 Å². The van der Waals surface area contributed by atoms with E-state index in [2.05, 4.69) is 0 Å². The number of nitrogens with zero attached hydrogens (tertiary/aromatic N) is 1. The maximum atomic E-state index is 12.3. The first kappa shape index (κ1) is 14.4. The first-order valence-corrected chi connectivity index (χ1v) is 6.84. The Kier molecular flexibility index (Phi) is 4.27. The molecule has 1 aromatic rings. The second-order valence-electron chi connectivity index (χ2n) is 5.42. The van der Waals surface area contributed by atoms with E-state index < -0.39 is 0 Å². The van der Waals surface area contributed by atoms with Crippen LogP contribution in [0.1, 0.15) is 25.3 Å². The summed E-state index contributed by atoms with van der Waals surface area (Å²) in [5.41, 5.74) is 6.10. The lowest BCUT2D eigenvalue weighted by molar-refractivity contribution is -0.136. The summed E-state index contributed by atoms with van der Waals surface area (Å²) in [6.07, 6.45) is 1.76. The van der Waals surface area contributed by atoms with Crippen molar-refractivity contribution in [3.8, 4) is 5.75 Å². The van der Waals surface area contributed by atoms with Gasteiger partial charge in [0.2, 0.25) is 11.8 Å². The number of phenolic OH excluding ortho intramolecular Hbond substituents is 1. The minimum atomic E-state index is -0.341. The molecule has 0 radical (unpaired) electrons. The third kappa shape index (κ3) is 3.29. The van der Waals surface area contributed by atoms with Crippen LogP contribution < -0.4 is 5.73 Å². The van der Waals surface area contributed by atoms with Crippen molar-refractivity contribution in [1.82, 2.24) is 4.90 Å². The summed E-state index contributed by atoms with van der Waals surface area (Å²) in [4.78, 5) is 25.4. The number of hydrogen-bond donors (Lipinski definition) is 2. The van der Waals surface area contributed by atoms with Crippen molar-refractivity contribution < 1.29 is 14.7 Å². The number of benzene rings is 1. The van der Waals surface area contributed by atoms with Crippen molar-refractivity contribution in [2.75, 3.05) is 6.54 Å². The molecule has 5 heteroatoms. The number of hydrogen-bond acceptors (Lipinski definition) is 3. The highest BCUT2D eigenvalue weighted by molar-refractivity contribution is 5.81. The quantitative estimate of drug-likeness (QED) is 0.865. The Balaban J connectivity index is 2.05. The molecule has 1 aliphatic rings. The molecule has 0 unspecified atom stereocenters. The van der Waals surface area contributed by atoms with Gasteiger partial charge in [-0.05, 0) is 37.5 Å². The molecular weight excluding hydrogens is 256 g/mol. The summed E-state index contributed by atoms with van der Waals surface area (Å²) in [7, 11) is 0. The largest absolute Gasteiger partial charge is 0.508 e. The Bertz CT molecular complexity index is 516. The van der Waals surface area contributed by atoms with Crippen LogP contribution >= 0.6 is 0 Å². The smallest absolute Gasteiger partial charge is 0.227 e. The second-order valence-corrected chi connectivity index (χ2v) is 5.42. The van der Waals surface area contributed by atoms with Gasteiger partial charge in [-0.3, -0.25) is 9.59 Å². The molecule has 1 heterocycles. The molecular formula is C15H20N2O3. The van der Waals surface area contributed by atoms with Crippen LogP contribution in [0.2, 0.25) is 0 Å². The van der Waals surface area contributed by atoms with Gasteiger partial charge < -0.3 is 15.7 Å². The topological polar surface area (TPSA) is 83.6 Å². The van der Waals surface area contributed by atoms with Crippen molar-refractivity contribution in [1.29, 1.82) is 0 Å². The molecule has 5 nitrogen and oxygen atoms in total. The van der Waals surface area contributed by atoms with Crippen molar-refractivity contribution in [2.24, 2.45) is 11.7 Å². The molecule has 2 rings (SSSR count). The minimum absolute atomic E-state index is 0.0333. The monoisotopic (exact) mass is 276 g/mol. The molecule has 0 aromatic heterocycles. The van der Waals surface area contributed by atoms with E-state index in [1.165, 1.54) is 0 Å². The highest BCUT2D eigenvalue weighted by atomic mass is 16.3. The Labute approximate surface area is 118 Å². The van der Waals surface area contributed by atoms with Gasteiger partial charge in [-0.15, -0.1) is 0 Å². The molecule has 0 bridgehead atoms. The van der Waals surface area contributed by atoms with Gasteiger partial charge in [0, 0.05) is 12.6 Å². The minimum Gasteiger partial charge on any atom is -0.508 e. The molecule has 0 spiro atoms. The highest BCUT2D eigenvalue weighted by Crippen LogP contribution is 2.23. The number of carbonyl (C=O) groups excluding carboxylic acids is 2. The van der Waals surface area contributed by atoms with E-state index in [4.69, 9.17) is 5.73 Å². The maximum Gasteiger partial charge on any atom is 0.227 e. The predicted molar refractivity (Wildman–Crippen MR) is 74.9 cm³/mol. The number of carbonyl (C=O) groups is 2. The SMILES string of the molecule is C[C@@H]1CC[C@@H](C(N)=O)CN1C(=O)Cc1cccc(O)c1. The number of piperidine rings is 1. The molecule has 1 saturated heterocycles. The third-order valence-electron chi connectivity index (χ3n) is 3.87. The lowest BCUT2D eigenvalue weighted by Crippen LogP contribution is -2.49. The summed E-state index contributed by atoms with van der Waals surface area (Å²) >= 11 is 0. The van der Waals surface area contributed by atoms with Gasteiger partial charge in [0.1, 0.15) is 5.75 Å². The first-order valence-electron chi connectivity index (χ1n) is 6.84. The number of rotatable bonds is 3. The van der Waals surface area contributed by atoms with E-state index in [1.54, 1.807) is 29.2 Å². The van der Waals surface area contributed by atoms with Gasteiger partial charge in [-0.1, -0.05) is 12.1 Å². The second kappa shape index (κ2) is 5.94. The van der Waals surface area contributed by atoms with Crippen LogP contribution in [-0.2, 0) is 16.0 Å². The Morgan fingerprint density at radius 1 is 1.40 bits per heavy atom. The summed E-state index contributed by atoms with van der Waals surface area (Å²) < 4.78 is 0. The van der Waals surface area contributed by atoms with Crippen LogP contribution in [0, 0.1) is 5.92 Å². The van der Waals surface area contributed by atoms with Gasteiger partial charge in [0.15, 0.2) is 0 Å². The van der Waals surface area contributed by atoms with Crippen LogP contribution in [0.5, 0.6) is 5.75 Å². The number of amides is 2. The zero-order chi connectivity index (χ0) is 14.7. The third-order valence-corrected chi connectivity index (χ3v) is 3.87. The molecule has 1 fully saturated rings. The van der Waals surface area contributed by atoms with Crippen molar-refractivity contribution in [3.63, 3.8) is 0 Å². The molecule has 1 aliphatic heterocycles. The van der Waals surface area contributed by atoms with Crippen molar-refractivity contribution in [3.05, 3.63) is 29.8 Å². The first-order chi connectivity index (χ1) is 9.47. The molecule has 3 N–H and O–H groups in total. The van der Waals surface area contributed by atoms with E-state index in [0.29, 0.717) is 6.54 Å². The fourth-order valence-electron chi connectivity index (χ4n) is 2.63. The fraction of sp³-hybridized carbons (Fsp3) is 0.467. The fourth-order valence-corrected chi connectivity index (χ4v) is 2.63. The van der Waals surface area contributed by atoms with E-state index in [0.717, 1.165) is 18.4 Å². The zero-order valence-electron chi connectivity index (χ0n) is 11.6. The average Bonchev–Trinajstić information content (AvgIpc) is 2.38. The lowest BCUT2D eigenvalue weighted by Gasteiger charge is -2.37. The van der Waals surface area contributed by atoms with Gasteiger partial charge in [-0.2, -0.15) is 0 Å². The molecule has 108 valence electrons. The lowest BCUT2D eigenvalue weighted by atomic mass is 9.92. The van der Waals surface area contributed by atoms with Gasteiger partial charge in [0.05, 0.1) is 12.3 Å². The number of primary amides is 1. The summed E-state index contributed by atoms with van der Waals surface area (Å²) in [6, 6.07) is 6.79. The number of nitrogens with two attached hydrogens (primary N) is 1.